The van der Waals surface area contributed by atoms with E-state index in [-0.39, 0.29) is 5.82 Å². The first-order valence-electron chi connectivity index (χ1n) is 7.63. The zero-order valence-corrected chi connectivity index (χ0v) is 16.6. The van der Waals surface area contributed by atoms with E-state index in [1.165, 1.54) is 19.2 Å². The van der Waals surface area contributed by atoms with E-state index in [1.807, 2.05) is 0 Å². The first-order chi connectivity index (χ1) is 13.0. The molecule has 0 spiro atoms. The fourth-order valence-electron chi connectivity index (χ4n) is 2.59. The SMILES string of the molecule is CC(N)[C@@]1(n2ccc(N)nc2=O)O[C@H](CO)[C@@H](O)[C@H]1O.O=P(O)(O)OP(=O)(O)O. The van der Waals surface area contributed by atoms with Gasteiger partial charge in [0, 0.05) is 6.20 Å². The fraction of sp³-hybridized carbons (Fsp3) is 0.636. The van der Waals surface area contributed by atoms with Crippen LogP contribution in [0.3, 0.4) is 0 Å². The molecule has 0 aromatic carbocycles. The van der Waals surface area contributed by atoms with Gasteiger partial charge >= 0.3 is 21.3 Å². The largest absolute Gasteiger partial charge is 0.478 e. The Hall–Kier alpha value is -1.26. The van der Waals surface area contributed by atoms with E-state index in [9.17, 15) is 24.1 Å². The molecule has 1 aliphatic rings. The molecule has 0 saturated carbocycles. The Morgan fingerprint density at radius 3 is 2.14 bits per heavy atom. The van der Waals surface area contributed by atoms with E-state index < -0.39 is 58.0 Å². The number of phosphoric acid groups is 2. The number of aliphatic hydroxyl groups is 3. The third-order valence-electron chi connectivity index (χ3n) is 3.72. The minimum absolute atomic E-state index is 0.0119. The number of hydrogen-bond donors (Lipinski definition) is 9. The maximum absolute atomic E-state index is 12.0. The highest BCUT2D eigenvalue weighted by Crippen LogP contribution is 2.53. The summed E-state index contributed by atoms with van der Waals surface area (Å²) in [6, 6.07) is 0.493. The molecule has 1 unspecified atom stereocenters. The van der Waals surface area contributed by atoms with Crippen LogP contribution in [-0.4, -0.2) is 75.4 Å². The van der Waals surface area contributed by atoms with Gasteiger partial charge in [-0.25, -0.2) is 13.9 Å². The van der Waals surface area contributed by atoms with E-state index >= 15 is 0 Å². The van der Waals surface area contributed by atoms with Gasteiger partial charge < -0.3 is 51.1 Å². The van der Waals surface area contributed by atoms with Gasteiger partial charge in [-0.15, -0.1) is 0 Å². The highest BCUT2D eigenvalue weighted by atomic mass is 31.3. The molecule has 1 fully saturated rings. The number of rotatable bonds is 5. The van der Waals surface area contributed by atoms with Gasteiger partial charge in [0.2, 0.25) is 0 Å². The van der Waals surface area contributed by atoms with Crippen molar-refractivity contribution in [3.8, 4) is 0 Å². The lowest BCUT2D eigenvalue weighted by atomic mass is 9.96. The van der Waals surface area contributed by atoms with Gasteiger partial charge in [0.15, 0.2) is 5.72 Å². The summed E-state index contributed by atoms with van der Waals surface area (Å²) in [6.07, 6.45) is -2.65. The summed E-state index contributed by atoms with van der Waals surface area (Å²) in [5.41, 5.74) is 8.77. The van der Waals surface area contributed by atoms with Crippen LogP contribution in [-0.2, 0) is 23.9 Å². The van der Waals surface area contributed by atoms with E-state index in [0.717, 1.165) is 4.57 Å². The van der Waals surface area contributed by atoms with Gasteiger partial charge in [0.05, 0.1) is 12.6 Å². The Bertz CT molecular complexity index is 832. The van der Waals surface area contributed by atoms with E-state index in [4.69, 9.17) is 40.9 Å². The van der Waals surface area contributed by atoms with Crippen molar-refractivity contribution in [3.05, 3.63) is 22.7 Å². The van der Waals surface area contributed by atoms with Crippen molar-refractivity contribution in [1.29, 1.82) is 0 Å². The summed E-state index contributed by atoms with van der Waals surface area (Å²) in [4.78, 5) is 46.5. The minimum Gasteiger partial charge on any atom is -0.394 e. The number of ether oxygens (including phenoxy) is 1. The molecule has 1 aliphatic heterocycles. The van der Waals surface area contributed by atoms with Crippen LogP contribution in [0.25, 0.3) is 0 Å². The van der Waals surface area contributed by atoms with Crippen molar-refractivity contribution in [3.63, 3.8) is 0 Å². The lowest BCUT2D eigenvalue weighted by molar-refractivity contribution is -0.161. The fourth-order valence-corrected chi connectivity index (χ4v) is 3.70. The molecule has 0 bridgehead atoms. The van der Waals surface area contributed by atoms with Crippen molar-refractivity contribution in [2.24, 2.45) is 5.73 Å². The molecular formula is C11H22N4O12P2. The molecule has 16 nitrogen and oxygen atoms in total. The molecule has 2 heterocycles. The monoisotopic (exact) mass is 464 g/mol. The summed E-state index contributed by atoms with van der Waals surface area (Å²) in [5.74, 6) is 0.0119. The van der Waals surface area contributed by atoms with E-state index in [0.29, 0.717) is 0 Å². The molecule has 0 amide bonds. The van der Waals surface area contributed by atoms with Gasteiger partial charge in [-0.3, -0.25) is 4.57 Å². The highest BCUT2D eigenvalue weighted by Gasteiger charge is 2.58. The number of nitrogens with two attached hydrogens (primary N) is 2. The van der Waals surface area contributed by atoms with Crippen LogP contribution in [0, 0.1) is 0 Å². The predicted octanol–water partition coefficient (Wildman–Crippen LogP) is -3.87. The Morgan fingerprint density at radius 2 is 1.83 bits per heavy atom. The predicted molar refractivity (Wildman–Crippen MR) is 93.7 cm³/mol. The molecule has 1 aromatic heterocycles. The Morgan fingerprint density at radius 1 is 1.31 bits per heavy atom. The molecule has 2 rings (SSSR count). The number of hydrogen-bond acceptors (Lipinski definition) is 11. The lowest BCUT2D eigenvalue weighted by Gasteiger charge is -2.36. The molecule has 29 heavy (non-hydrogen) atoms. The first kappa shape index (κ1) is 25.8. The van der Waals surface area contributed by atoms with Crippen LogP contribution in [0.5, 0.6) is 0 Å². The molecule has 1 aromatic rings. The Balaban J connectivity index is 0.000000396. The van der Waals surface area contributed by atoms with Crippen LogP contribution in [0.4, 0.5) is 5.82 Å². The molecular weight excluding hydrogens is 442 g/mol. The third-order valence-corrected chi connectivity index (χ3v) is 5.42. The molecule has 168 valence electrons. The smallest absolute Gasteiger partial charge is 0.394 e. The van der Waals surface area contributed by atoms with Crippen LogP contribution in [0.15, 0.2) is 17.1 Å². The minimum atomic E-state index is -5.05. The number of nitrogens with zero attached hydrogens (tertiary/aromatic N) is 2. The van der Waals surface area contributed by atoms with E-state index in [1.54, 1.807) is 0 Å². The van der Waals surface area contributed by atoms with E-state index in [2.05, 4.69) is 9.29 Å². The molecule has 1 saturated heterocycles. The highest BCUT2D eigenvalue weighted by molar-refractivity contribution is 7.60. The van der Waals surface area contributed by atoms with Gasteiger partial charge in [-0.1, -0.05) is 0 Å². The van der Waals surface area contributed by atoms with Crippen LogP contribution in [0.1, 0.15) is 6.92 Å². The standard InChI is InChI=1S/C11H18N4O5.H4O7P2/c1-5(12)11(9(18)8(17)6(4-16)20-11)15-3-2-7(13)14-10(15)19;1-8(2,3)7-9(4,5)6/h2-3,5-6,8-9,16-18H,4,12H2,1H3,(H2,13,14,19);(H2,1,2,3)(H2,4,5,6)/t5?,6-,8-,9-,11-;/m1./s1. The van der Waals surface area contributed by atoms with Crippen molar-refractivity contribution in [1.82, 2.24) is 9.55 Å². The summed E-state index contributed by atoms with van der Waals surface area (Å²) in [6.45, 7) is 0.988. The average Bonchev–Trinajstić information content (AvgIpc) is 2.77. The zero-order valence-electron chi connectivity index (χ0n) is 14.8. The normalized spacial score (nSPS) is 28.5. The second kappa shape index (κ2) is 9.26. The summed E-state index contributed by atoms with van der Waals surface area (Å²) in [5, 5.41) is 29.3. The van der Waals surface area contributed by atoms with Gasteiger partial charge in [-0.05, 0) is 13.0 Å². The van der Waals surface area contributed by atoms with Gasteiger partial charge in [0.1, 0.15) is 24.1 Å². The van der Waals surface area contributed by atoms with Gasteiger partial charge in [-0.2, -0.15) is 9.29 Å². The van der Waals surface area contributed by atoms with Crippen molar-refractivity contribution in [2.75, 3.05) is 12.3 Å². The van der Waals surface area contributed by atoms with Gasteiger partial charge in [0.25, 0.3) is 0 Å². The van der Waals surface area contributed by atoms with Crippen LogP contribution in [0.2, 0.25) is 0 Å². The first-order valence-corrected chi connectivity index (χ1v) is 10.7. The van der Waals surface area contributed by atoms with Crippen molar-refractivity contribution in [2.45, 2.75) is 37.0 Å². The topological polar surface area (TPSA) is 281 Å². The average molecular weight is 464 g/mol. The van der Waals surface area contributed by atoms with Crippen LogP contribution < -0.4 is 17.2 Å². The Labute approximate surface area is 162 Å². The molecule has 11 N–H and O–H groups in total. The molecule has 0 radical (unpaired) electrons. The van der Waals surface area contributed by atoms with Crippen molar-refractivity contribution >= 4 is 21.5 Å². The van der Waals surface area contributed by atoms with Crippen LogP contribution >= 0.6 is 15.6 Å². The number of anilines is 1. The second-order valence-electron chi connectivity index (χ2n) is 5.88. The lowest BCUT2D eigenvalue weighted by Crippen LogP contribution is -2.59. The summed E-state index contributed by atoms with van der Waals surface area (Å²) >= 11 is 0. The quantitative estimate of drug-likeness (QED) is 0.188. The number of aliphatic hydroxyl groups excluding tert-OH is 3. The maximum atomic E-state index is 12.0. The molecule has 0 aliphatic carbocycles. The number of nitrogen functional groups attached to an aromatic ring is 1. The van der Waals surface area contributed by atoms with Crippen molar-refractivity contribution < 1.29 is 53.1 Å². The third kappa shape index (κ3) is 6.36. The summed E-state index contributed by atoms with van der Waals surface area (Å²) in [7, 11) is -10.1. The summed E-state index contributed by atoms with van der Waals surface area (Å²) < 4.78 is 28.7. The molecule has 5 atom stereocenters. The Kier molecular flexibility index (Phi) is 8.23. The maximum Gasteiger partial charge on any atom is 0.478 e. The zero-order chi connectivity index (χ0) is 22.8. The molecule has 18 heteroatoms. The number of aromatic nitrogens is 2. The second-order valence-corrected chi connectivity index (χ2v) is 8.50.